The first-order valence-corrected chi connectivity index (χ1v) is 22.9. The van der Waals surface area contributed by atoms with E-state index in [4.69, 9.17) is 4.42 Å². The van der Waals surface area contributed by atoms with E-state index in [1.807, 2.05) is 12.1 Å². The number of rotatable bonds is 8. The Hall–Kier alpha value is -8.92. The topological polar surface area (TPSA) is 21.3 Å². The standard InChI is InChI=1S/C64H42N2O/c1-2-15-47-40-49(33-32-43(47)14-1)53-18-3-8-23-59(53)65(60-24-9-4-19-54(60)50-36-39-58-57-22-7-12-27-63(57)67-64(58)42-50)51-37-34-45(35-38-51)44-28-30-46(31-29-44)48-16-13-17-52(41-48)66-61-25-10-5-20-55(61)56-21-6-11-26-62(56)66/h1-42H. The normalized spacial score (nSPS) is 11.6. The number of anilines is 3. The van der Waals surface area contributed by atoms with E-state index in [-0.39, 0.29) is 0 Å². The van der Waals surface area contributed by atoms with Gasteiger partial charge in [-0.3, -0.25) is 0 Å². The quantitative estimate of drug-likeness (QED) is 0.152. The van der Waals surface area contributed by atoms with Crippen LogP contribution in [0.2, 0.25) is 0 Å². The molecule has 2 heterocycles. The van der Waals surface area contributed by atoms with Gasteiger partial charge in [0.2, 0.25) is 0 Å². The molecule has 0 bridgehead atoms. The smallest absolute Gasteiger partial charge is 0.136 e. The summed E-state index contributed by atoms with van der Waals surface area (Å²) in [5.74, 6) is 0. The summed E-state index contributed by atoms with van der Waals surface area (Å²) >= 11 is 0. The molecule has 0 aliphatic rings. The molecule has 0 unspecified atom stereocenters. The molecular formula is C64H42N2O. The molecule has 11 aromatic carbocycles. The second kappa shape index (κ2) is 16.0. The number of aromatic nitrogens is 1. The van der Waals surface area contributed by atoms with E-state index in [1.165, 1.54) is 43.7 Å². The minimum atomic E-state index is 0.878. The Morgan fingerprint density at radius 1 is 0.299 bits per heavy atom. The molecule has 0 saturated heterocycles. The summed E-state index contributed by atoms with van der Waals surface area (Å²) in [6.07, 6.45) is 0. The zero-order valence-electron chi connectivity index (χ0n) is 36.6. The molecule has 0 fully saturated rings. The Balaban J connectivity index is 0.888. The van der Waals surface area contributed by atoms with Gasteiger partial charge < -0.3 is 13.9 Å². The molecule has 0 N–H and O–H groups in total. The van der Waals surface area contributed by atoms with Crippen LogP contribution < -0.4 is 4.90 Å². The van der Waals surface area contributed by atoms with Crippen molar-refractivity contribution in [3.8, 4) is 50.2 Å². The molecule has 0 radical (unpaired) electrons. The van der Waals surface area contributed by atoms with Crippen LogP contribution >= 0.6 is 0 Å². The summed E-state index contributed by atoms with van der Waals surface area (Å²) in [7, 11) is 0. The van der Waals surface area contributed by atoms with Crippen LogP contribution in [0.15, 0.2) is 259 Å². The van der Waals surface area contributed by atoms with Crippen molar-refractivity contribution >= 4 is 71.6 Å². The fraction of sp³-hybridized carbons (Fsp3) is 0. The number of para-hydroxylation sites is 5. The first-order chi connectivity index (χ1) is 33.2. The van der Waals surface area contributed by atoms with Crippen molar-refractivity contribution in [1.29, 1.82) is 0 Å². The van der Waals surface area contributed by atoms with Crippen molar-refractivity contribution in [2.45, 2.75) is 0 Å². The van der Waals surface area contributed by atoms with Gasteiger partial charge in [-0.2, -0.15) is 0 Å². The second-order valence-corrected chi connectivity index (χ2v) is 17.3. The van der Waals surface area contributed by atoms with Gasteiger partial charge in [0.1, 0.15) is 11.2 Å². The van der Waals surface area contributed by atoms with Gasteiger partial charge in [-0.05, 0) is 117 Å². The van der Waals surface area contributed by atoms with Gasteiger partial charge >= 0.3 is 0 Å². The highest BCUT2D eigenvalue weighted by molar-refractivity contribution is 6.09. The fourth-order valence-electron chi connectivity index (χ4n) is 10.2. The van der Waals surface area contributed by atoms with Gasteiger partial charge in [0.15, 0.2) is 0 Å². The first kappa shape index (κ1) is 38.5. The lowest BCUT2D eigenvalue weighted by Gasteiger charge is -2.30. The van der Waals surface area contributed by atoms with E-state index in [0.717, 1.165) is 78.1 Å². The van der Waals surface area contributed by atoms with Gasteiger partial charge in [-0.25, -0.2) is 0 Å². The van der Waals surface area contributed by atoms with Crippen molar-refractivity contribution in [3.63, 3.8) is 0 Å². The lowest BCUT2D eigenvalue weighted by atomic mass is 9.96. The van der Waals surface area contributed by atoms with Crippen LogP contribution in [-0.4, -0.2) is 4.57 Å². The highest BCUT2D eigenvalue weighted by Gasteiger charge is 2.22. The maximum atomic E-state index is 6.42. The molecular weight excluding hydrogens is 813 g/mol. The van der Waals surface area contributed by atoms with Crippen molar-refractivity contribution in [2.75, 3.05) is 4.90 Å². The summed E-state index contributed by atoms with van der Waals surface area (Å²) in [5.41, 5.74) is 17.8. The van der Waals surface area contributed by atoms with Gasteiger partial charge in [-0.1, -0.05) is 182 Å². The van der Waals surface area contributed by atoms with E-state index in [2.05, 4.69) is 252 Å². The minimum Gasteiger partial charge on any atom is -0.456 e. The van der Waals surface area contributed by atoms with Crippen LogP contribution in [0, 0.1) is 0 Å². The number of fused-ring (bicyclic) bond motifs is 7. The predicted octanol–water partition coefficient (Wildman–Crippen LogP) is 18.0. The van der Waals surface area contributed by atoms with E-state index >= 15 is 0 Å². The summed E-state index contributed by atoms with van der Waals surface area (Å²) in [5, 5.41) is 7.22. The number of nitrogens with zero attached hydrogens (tertiary/aromatic N) is 2. The van der Waals surface area contributed by atoms with Crippen LogP contribution in [-0.2, 0) is 0 Å². The Bertz CT molecular complexity index is 3930. The molecule has 0 spiro atoms. The molecule has 67 heavy (non-hydrogen) atoms. The van der Waals surface area contributed by atoms with Crippen LogP contribution in [0.3, 0.4) is 0 Å². The van der Waals surface area contributed by atoms with Gasteiger partial charge in [-0.15, -0.1) is 0 Å². The second-order valence-electron chi connectivity index (χ2n) is 17.3. The third-order valence-electron chi connectivity index (χ3n) is 13.4. The van der Waals surface area contributed by atoms with Gasteiger partial charge in [0.05, 0.1) is 22.4 Å². The van der Waals surface area contributed by atoms with Crippen LogP contribution in [0.1, 0.15) is 0 Å². The van der Waals surface area contributed by atoms with Crippen LogP contribution in [0.5, 0.6) is 0 Å². The summed E-state index contributed by atoms with van der Waals surface area (Å²) in [4.78, 5) is 2.42. The lowest BCUT2D eigenvalue weighted by Crippen LogP contribution is -2.12. The van der Waals surface area contributed by atoms with Crippen LogP contribution in [0.25, 0.3) is 105 Å². The molecule has 0 saturated carbocycles. The van der Waals surface area contributed by atoms with Crippen molar-refractivity contribution < 1.29 is 4.42 Å². The predicted molar refractivity (Wildman–Crippen MR) is 282 cm³/mol. The molecule has 3 heteroatoms. The third kappa shape index (κ3) is 6.67. The number of hydrogen-bond acceptors (Lipinski definition) is 2. The average Bonchev–Trinajstić information content (AvgIpc) is 3.95. The molecule has 0 atom stereocenters. The van der Waals surface area contributed by atoms with Crippen molar-refractivity contribution in [1.82, 2.24) is 4.57 Å². The largest absolute Gasteiger partial charge is 0.456 e. The Kier molecular flexibility index (Phi) is 9.17. The maximum Gasteiger partial charge on any atom is 0.136 e. The molecule has 314 valence electrons. The zero-order chi connectivity index (χ0) is 44.3. The van der Waals surface area contributed by atoms with Crippen molar-refractivity contribution in [2.24, 2.45) is 0 Å². The molecule has 13 rings (SSSR count). The average molecular weight is 855 g/mol. The highest BCUT2D eigenvalue weighted by atomic mass is 16.3. The number of benzene rings is 11. The number of furan rings is 1. The third-order valence-corrected chi connectivity index (χ3v) is 13.4. The minimum absolute atomic E-state index is 0.878. The Morgan fingerprint density at radius 3 is 1.51 bits per heavy atom. The number of hydrogen-bond donors (Lipinski definition) is 0. The summed E-state index contributed by atoms with van der Waals surface area (Å²) in [6.45, 7) is 0. The van der Waals surface area contributed by atoms with Crippen molar-refractivity contribution in [3.05, 3.63) is 255 Å². The zero-order valence-corrected chi connectivity index (χ0v) is 36.6. The van der Waals surface area contributed by atoms with Crippen LogP contribution in [0.4, 0.5) is 17.1 Å². The lowest BCUT2D eigenvalue weighted by molar-refractivity contribution is 0.669. The van der Waals surface area contributed by atoms with E-state index in [9.17, 15) is 0 Å². The fourth-order valence-corrected chi connectivity index (χ4v) is 10.2. The Morgan fingerprint density at radius 2 is 0.806 bits per heavy atom. The Labute approximate surface area is 388 Å². The van der Waals surface area contributed by atoms with Gasteiger partial charge in [0.25, 0.3) is 0 Å². The molecule has 2 aromatic heterocycles. The summed E-state index contributed by atoms with van der Waals surface area (Å²) in [6, 6.07) is 92.0. The summed E-state index contributed by atoms with van der Waals surface area (Å²) < 4.78 is 8.80. The van der Waals surface area contributed by atoms with E-state index in [1.54, 1.807) is 0 Å². The SMILES string of the molecule is c1cc(-c2ccc(-c3ccc(N(c4ccccc4-c4ccc5ccccc5c4)c4ccccc4-c4ccc5c(c4)oc4ccccc45)cc3)cc2)cc(-n2c3ccccc3c3ccccc32)c1. The monoisotopic (exact) mass is 854 g/mol. The molecule has 13 aromatic rings. The molecule has 0 amide bonds. The maximum absolute atomic E-state index is 6.42. The van der Waals surface area contributed by atoms with E-state index < -0.39 is 0 Å². The molecule has 0 aliphatic carbocycles. The van der Waals surface area contributed by atoms with Gasteiger partial charge in [0, 0.05) is 44.0 Å². The first-order valence-electron chi connectivity index (χ1n) is 22.9. The van der Waals surface area contributed by atoms with E-state index in [0.29, 0.717) is 0 Å². The molecule has 0 aliphatic heterocycles. The molecule has 3 nitrogen and oxygen atoms in total. The highest BCUT2D eigenvalue weighted by Crippen LogP contribution is 2.46.